The highest BCUT2D eigenvalue weighted by Crippen LogP contribution is 2.36. The van der Waals surface area contributed by atoms with Crippen molar-refractivity contribution in [2.45, 2.75) is 38.7 Å². The van der Waals surface area contributed by atoms with Crippen LogP contribution in [-0.4, -0.2) is 11.1 Å². The second kappa shape index (κ2) is 3.89. The van der Waals surface area contributed by atoms with Crippen LogP contribution in [0, 0.1) is 0 Å². The highest BCUT2D eigenvalue weighted by Gasteiger charge is 2.26. The van der Waals surface area contributed by atoms with Crippen LogP contribution in [0.3, 0.4) is 0 Å². The Balaban J connectivity index is 2.31. The van der Waals surface area contributed by atoms with Gasteiger partial charge in [-0.1, -0.05) is 13.8 Å². The van der Waals surface area contributed by atoms with Crippen molar-refractivity contribution in [1.29, 1.82) is 0 Å². The van der Waals surface area contributed by atoms with Crippen LogP contribution in [0.25, 0.3) is 0 Å². The summed E-state index contributed by atoms with van der Waals surface area (Å²) >= 11 is 3.51. The van der Waals surface area contributed by atoms with Crippen LogP contribution in [0.1, 0.15) is 38.3 Å². The zero-order valence-electron chi connectivity index (χ0n) is 8.46. The van der Waals surface area contributed by atoms with E-state index in [4.69, 9.17) is 4.74 Å². The Hall–Kier alpha value is -0.570. The molecule has 0 N–H and O–H groups in total. The molecule has 0 aliphatic heterocycles. The summed E-state index contributed by atoms with van der Waals surface area (Å²) in [7, 11) is 0. The van der Waals surface area contributed by atoms with Gasteiger partial charge in [0.1, 0.15) is 0 Å². The quantitative estimate of drug-likeness (QED) is 0.825. The lowest BCUT2D eigenvalue weighted by Crippen LogP contribution is -2.03. The van der Waals surface area contributed by atoms with Crippen LogP contribution < -0.4 is 4.74 Å². The predicted octanol–water partition coefficient (Wildman–Crippen LogP) is 3.51. The molecule has 1 aliphatic carbocycles. The van der Waals surface area contributed by atoms with Crippen LogP contribution in [0.5, 0.6) is 5.75 Å². The van der Waals surface area contributed by atoms with E-state index in [0.717, 1.165) is 15.9 Å². The topological polar surface area (TPSA) is 22.1 Å². The third-order valence-corrected chi connectivity index (χ3v) is 2.86. The van der Waals surface area contributed by atoms with Crippen LogP contribution in [0.15, 0.2) is 16.7 Å². The number of hydrogen-bond acceptors (Lipinski definition) is 2. The first-order valence-corrected chi connectivity index (χ1v) is 5.79. The molecule has 76 valence electrons. The van der Waals surface area contributed by atoms with Gasteiger partial charge in [0.15, 0.2) is 5.75 Å². The zero-order chi connectivity index (χ0) is 10.1. The fourth-order valence-corrected chi connectivity index (χ4v) is 1.73. The molecule has 1 aliphatic rings. The summed E-state index contributed by atoms with van der Waals surface area (Å²) in [5.41, 5.74) is 1.05. The van der Waals surface area contributed by atoms with E-state index in [9.17, 15) is 0 Å². The van der Waals surface area contributed by atoms with E-state index >= 15 is 0 Å². The predicted molar refractivity (Wildman–Crippen MR) is 59.7 cm³/mol. The SMILES string of the molecule is CC(C)c1nccc(Br)c1OC1CC1. The Kier molecular flexibility index (Phi) is 2.77. The van der Waals surface area contributed by atoms with Gasteiger partial charge in [-0.05, 0) is 40.8 Å². The molecule has 0 spiro atoms. The van der Waals surface area contributed by atoms with E-state index in [0.29, 0.717) is 12.0 Å². The second-order valence-corrected chi connectivity index (χ2v) is 4.83. The Morgan fingerprint density at radius 1 is 1.50 bits per heavy atom. The number of nitrogens with zero attached hydrogens (tertiary/aromatic N) is 1. The molecule has 0 radical (unpaired) electrons. The van der Waals surface area contributed by atoms with Gasteiger partial charge in [-0.15, -0.1) is 0 Å². The molecular weight excluding hydrogens is 242 g/mol. The normalized spacial score (nSPS) is 16.0. The molecule has 0 amide bonds. The summed E-state index contributed by atoms with van der Waals surface area (Å²) in [6.07, 6.45) is 4.60. The fraction of sp³-hybridized carbons (Fsp3) is 0.545. The first-order chi connectivity index (χ1) is 6.68. The van der Waals surface area contributed by atoms with Gasteiger partial charge in [0.2, 0.25) is 0 Å². The molecule has 14 heavy (non-hydrogen) atoms. The summed E-state index contributed by atoms with van der Waals surface area (Å²) in [6, 6.07) is 1.93. The monoisotopic (exact) mass is 255 g/mol. The molecule has 0 bridgehead atoms. The van der Waals surface area contributed by atoms with Gasteiger partial charge >= 0.3 is 0 Å². The van der Waals surface area contributed by atoms with E-state index < -0.39 is 0 Å². The lowest BCUT2D eigenvalue weighted by molar-refractivity contribution is 0.295. The Morgan fingerprint density at radius 2 is 2.21 bits per heavy atom. The van der Waals surface area contributed by atoms with E-state index in [-0.39, 0.29) is 0 Å². The number of rotatable bonds is 3. The molecule has 2 nitrogen and oxygen atoms in total. The maximum Gasteiger partial charge on any atom is 0.155 e. The maximum absolute atomic E-state index is 5.84. The third kappa shape index (κ3) is 2.08. The average Bonchev–Trinajstić information content (AvgIpc) is 2.91. The van der Waals surface area contributed by atoms with E-state index in [1.54, 1.807) is 0 Å². The highest BCUT2D eigenvalue weighted by molar-refractivity contribution is 9.10. The smallest absolute Gasteiger partial charge is 0.155 e. The molecule has 1 aromatic heterocycles. The molecule has 2 rings (SSSR count). The Bertz CT molecular complexity index is 334. The second-order valence-electron chi connectivity index (χ2n) is 3.98. The van der Waals surface area contributed by atoms with Crippen molar-refractivity contribution in [2.75, 3.05) is 0 Å². The summed E-state index contributed by atoms with van der Waals surface area (Å²) in [6.45, 7) is 4.27. The summed E-state index contributed by atoms with van der Waals surface area (Å²) < 4.78 is 6.86. The van der Waals surface area contributed by atoms with Crippen LogP contribution in [0.2, 0.25) is 0 Å². The lowest BCUT2D eigenvalue weighted by atomic mass is 10.1. The number of pyridine rings is 1. The molecule has 1 fully saturated rings. The van der Waals surface area contributed by atoms with Gasteiger partial charge in [-0.25, -0.2) is 0 Å². The van der Waals surface area contributed by atoms with Crippen LogP contribution in [0.4, 0.5) is 0 Å². The average molecular weight is 256 g/mol. The summed E-state index contributed by atoms with van der Waals surface area (Å²) in [5, 5.41) is 0. The van der Waals surface area contributed by atoms with E-state index in [2.05, 4.69) is 34.8 Å². The first kappa shape index (κ1) is 9.97. The van der Waals surface area contributed by atoms with Crippen LogP contribution in [-0.2, 0) is 0 Å². The van der Waals surface area contributed by atoms with Gasteiger partial charge < -0.3 is 4.74 Å². The minimum Gasteiger partial charge on any atom is -0.487 e. The molecule has 0 aromatic carbocycles. The van der Waals surface area contributed by atoms with Crippen molar-refractivity contribution in [3.63, 3.8) is 0 Å². The Morgan fingerprint density at radius 3 is 2.79 bits per heavy atom. The van der Waals surface area contributed by atoms with Gasteiger partial charge in [0.25, 0.3) is 0 Å². The lowest BCUT2D eigenvalue weighted by Gasteiger charge is -2.13. The van der Waals surface area contributed by atoms with E-state index in [1.165, 1.54) is 12.8 Å². The van der Waals surface area contributed by atoms with Crippen molar-refractivity contribution in [3.05, 3.63) is 22.4 Å². The summed E-state index contributed by atoms with van der Waals surface area (Å²) in [4.78, 5) is 4.36. The van der Waals surface area contributed by atoms with Gasteiger partial charge in [-0.2, -0.15) is 0 Å². The molecule has 1 aromatic rings. The number of hydrogen-bond donors (Lipinski definition) is 0. The zero-order valence-corrected chi connectivity index (χ0v) is 10.0. The van der Waals surface area contributed by atoms with Crippen molar-refractivity contribution in [1.82, 2.24) is 4.98 Å². The van der Waals surface area contributed by atoms with Gasteiger partial charge in [0, 0.05) is 6.20 Å². The van der Waals surface area contributed by atoms with Crippen LogP contribution >= 0.6 is 15.9 Å². The molecule has 0 unspecified atom stereocenters. The molecule has 1 heterocycles. The molecule has 0 atom stereocenters. The Labute approximate surface area is 92.8 Å². The van der Waals surface area contributed by atoms with Gasteiger partial charge in [-0.3, -0.25) is 4.98 Å². The number of aromatic nitrogens is 1. The molecule has 3 heteroatoms. The van der Waals surface area contributed by atoms with E-state index in [1.807, 2.05) is 12.3 Å². The molecule has 0 saturated heterocycles. The minimum atomic E-state index is 0.404. The van der Waals surface area contributed by atoms with Crippen molar-refractivity contribution >= 4 is 15.9 Å². The number of ether oxygens (including phenoxy) is 1. The molecule has 1 saturated carbocycles. The van der Waals surface area contributed by atoms with Gasteiger partial charge in [0.05, 0.1) is 16.3 Å². The largest absolute Gasteiger partial charge is 0.487 e. The van der Waals surface area contributed by atoms with Crippen molar-refractivity contribution < 1.29 is 4.74 Å². The fourth-order valence-electron chi connectivity index (χ4n) is 1.32. The first-order valence-electron chi connectivity index (χ1n) is 4.99. The highest BCUT2D eigenvalue weighted by atomic mass is 79.9. The summed E-state index contributed by atoms with van der Waals surface area (Å²) in [5.74, 6) is 1.34. The number of halogens is 1. The molecular formula is C11H14BrNO. The van der Waals surface area contributed by atoms with Crippen molar-refractivity contribution in [3.8, 4) is 5.75 Å². The minimum absolute atomic E-state index is 0.404. The third-order valence-electron chi connectivity index (χ3n) is 2.24. The standard InChI is InChI=1S/C11H14BrNO/c1-7(2)10-11(14-8-3-4-8)9(12)5-6-13-10/h5-8H,3-4H2,1-2H3. The maximum atomic E-state index is 5.84. The van der Waals surface area contributed by atoms with Crippen molar-refractivity contribution in [2.24, 2.45) is 0 Å².